The molecule has 0 aliphatic heterocycles. The first kappa shape index (κ1) is 33.8. The molecular formula is C33H49N5S. The molecule has 0 saturated heterocycles. The number of nitrogens with zero attached hydrogens (tertiary/aromatic N) is 4. The average Bonchev–Trinajstić information content (AvgIpc) is 3.49. The van der Waals surface area contributed by atoms with Crippen molar-refractivity contribution in [3.63, 3.8) is 0 Å². The van der Waals surface area contributed by atoms with Crippen LogP contribution in [0.15, 0.2) is 74.2 Å². The van der Waals surface area contributed by atoms with Gasteiger partial charge in [-0.25, -0.2) is 9.97 Å². The molecule has 0 amide bonds. The highest BCUT2D eigenvalue weighted by Gasteiger charge is 2.21. The van der Waals surface area contributed by atoms with Crippen LogP contribution in [-0.2, 0) is 0 Å². The maximum absolute atomic E-state index is 6.29. The first-order valence-electron chi connectivity index (χ1n) is 13.8. The van der Waals surface area contributed by atoms with Gasteiger partial charge in [0.25, 0.3) is 0 Å². The van der Waals surface area contributed by atoms with Gasteiger partial charge in [-0.05, 0) is 71.8 Å². The van der Waals surface area contributed by atoms with Gasteiger partial charge in [-0.3, -0.25) is 4.40 Å². The lowest BCUT2D eigenvalue weighted by Gasteiger charge is -2.18. The van der Waals surface area contributed by atoms with E-state index in [-0.39, 0.29) is 0 Å². The highest BCUT2D eigenvalue weighted by molar-refractivity contribution is 7.15. The molecule has 0 fully saturated rings. The molecule has 0 radical (unpaired) electrons. The highest BCUT2D eigenvalue weighted by atomic mass is 32.1. The second-order valence-electron chi connectivity index (χ2n) is 9.33. The molecule has 0 aliphatic carbocycles. The SMILES string of the molecule is C/C=C\C=C/CC.C=C/C=C\c1cc(-c2nc(C(C)CCN(C)CCC)n3ccnc(N)c23)sc1C.C=CC. The normalized spacial score (nSPS) is 12.1. The first-order chi connectivity index (χ1) is 18.8. The van der Waals surface area contributed by atoms with E-state index in [1.165, 1.54) is 16.9 Å². The standard InChI is InChI=1S/C23H31N5S.C7H12.C3H6/c1-6-8-9-18-15-19(29-17(18)4)20-21-22(24)25-11-14-28(21)23(26-20)16(3)10-13-27(5)12-7-2;1-3-5-7-6-4-2;1-3-2/h6,8-9,11,14-16H,1,7,10,12-13H2,2-5H3,(H2,24,25);3,5-7H,4H2,1-2H3;3H,1H2,2H3/b9-8-;5-3-,7-6-;. The number of nitrogens with two attached hydrogens (primary N) is 1. The lowest BCUT2D eigenvalue weighted by atomic mass is 10.1. The second kappa shape index (κ2) is 18.9. The molecule has 3 aromatic rings. The molecule has 1 atom stereocenters. The zero-order valence-corrected chi connectivity index (χ0v) is 26.0. The topological polar surface area (TPSA) is 59.5 Å². The molecule has 3 rings (SSSR count). The number of aromatic nitrogens is 3. The average molecular weight is 548 g/mol. The quantitative estimate of drug-likeness (QED) is 0.192. The minimum atomic E-state index is 0.318. The maximum atomic E-state index is 6.29. The van der Waals surface area contributed by atoms with Crippen molar-refractivity contribution in [1.82, 2.24) is 19.3 Å². The van der Waals surface area contributed by atoms with Gasteiger partial charge >= 0.3 is 0 Å². The predicted molar refractivity (Wildman–Crippen MR) is 176 cm³/mol. The summed E-state index contributed by atoms with van der Waals surface area (Å²) < 4.78 is 2.12. The van der Waals surface area contributed by atoms with Crippen LogP contribution >= 0.6 is 11.3 Å². The number of imidazole rings is 1. The molecular weight excluding hydrogens is 498 g/mol. The minimum absolute atomic E-state index is 0.318. The third kappa shape index (κ3) is 10.8. The van der Waals surface area contributed by atoms with Crippen LogP contribution in [0, 0.1) is 6.92 Å². The van der Waals surface area contributed by atoms with Crippen molar-refractivity contribution < 1.29 is 0 Å². The number of nitrogen functional groups attached to an aromatic ring is 1. The van der Waals surface area contributed by atoms with E-state index in [0.29, 0.717) is 11.7 Å². The van der Waals surface area contributed by atoms with Crippen LogP contribution in [-0.4, -0.2) is 39.4 Å². The molecule has 6 heteroatoms. The van der Waals surface area contributed by atoms with Crippen molar-refractivity contribution in [2.24, 2.45) is 0 Å². The first-order valence-corrected chi connectivity index (χ1v) is 14.7. The molecule has 1 unspecified atom stereocenters. The Bertz CT molecular complexity index is 1230. The highest BCUT2D eigenvalue weighted by Crippen LogP contribution is 2.37. The number of anilines is 1. The van der Waals surface area contributed by atoms with Gasteiger partial charge in [0.15, 0.2) is 0 Å². The largest absolute Gasteiger partial charge is 0.382 e. The summed E-state index contributed by atoms with van der Waals surface area (Å²) in [5.41, 5.74) is 9.30. The Morgan fingerprint density at radius 3 is 2.49 bits per heavy atom. The monoisotopic (exact) mass is 547 g/mol. The van der Waals surface area contributed by atoms with Crippen molar-refractivity contribution in [2.45, 2.75) is 66.7 Å². The number of thiophene rings is 1. The van der Waals surface area contributed by atoms with Crippen LogP contribution in [0.1, 0.15) is 76.1 Å². The molecule has 212 valence electrons. The molecule has 5 nitrogen and oxygen atoms in total. The Balaban J connectivity index is 0.000000652. The van der Waals surface area contributed by atoms with E-state index < -0.39 is 0 Å². The molecule has 3 heterocycles. The molecule has 0 aromatic carbocycles. The molecule has 0 bridgehead atoms. The van der Waals surface area contributed by atoms with Crippen LogP contribution < -0.4 is 5.73 Å². The van der Waals surface area contributed by atoms with E-state index >= 15 is 0 Å². The van der Waals surface area contributed by atoms with E-state index in [1.54, 1.807) is 29.7 Å². The summed E-state index contributed by atoms with van der Waals surface area (Å²) in [6, 6.07) is 2.18. The maximum Gasteiger partial charge on any atom is 0.150 e. The van der Waals surface area contributed by atoms with Crippen LogP contribution in [0.2, 0.25) is 0 Å². The van der Waals surface area contributed by atoms with E-state index in [4.69, 9.17) is 10.7 Å². The summed E-state index contributed by atoms with van der Waals surface area (Å²) in [7, 11) is 2.18. The minimum Gasteiger partial charge on any atom is -0.382 e. The number of rotatable bonds is 11. The van der Waals surface area contributed by atoms with E-state index in [0.717, 1.165) is 47.8 Å². The Kier molecular flexibility index (Phi) is 16.4. The Hall–Kier alpha value is -3.22. The van der Waals surface area contributed by atoms with Crippen LogP contribution in [0.5, 0.6) is 0 Å². The van der Waals surface area contributed by atoms with Gasteiger partial charge in [-0.2, -0.15) is 0 Å². The van der Waals surface area contributed by atoms with E-state index in [9.17, 15) is 0 Å². The van der Waals surface area contributed by atoms with Crippen molar-refractivity contribution in [1.29, 1.82) is 0 Å². The van der Waals surface area contributed by atoms with Crippen molar-refractivity contribution in [2.75, 3.05) is 25.9 Å². The molecule has 0 aliphatic rings. The number of fused-ring (bicyclic) bond motifs is 1. The summed E-state index contributed by atoms with van der Waals surface area (Å²) in [5, 5.41) is 0. The number of hydrogen-bond donors (Lipinski definition) is 1. The van der Waals surface area contributed by atoms with Crippen LogP contribution in [0.3, 0.4) is 0 Å². The molecule has 0 saturated carbocycles. The molecule has 0 spiro atoms. The fourth-order valence-corrected chi connectivity index (χ4v) is 4.92. The molecule has 2 N–H and O–H groups in total. The molecule has 39 heavy (non-hydrogen) atoms. The van der Waals surface area contributed by atoms with Gasteiger partial charge in [0.05, 0.1) is 4.88 Å². The second-order valence-corrected chi connectivity index (χ2v) is 10.6. The van der Waals surface area contributed by atoms with Crippen molar-refractivity contribution >= 4 is 28.7 Å². The third-order valence-electron chi connectivity index (χ3n) is 5.88. The van der Waals surface area contributed by atoms with Crippen molar-refractivity contribution in [3.8, 4) is 10.6 Å². The van der Waals surface area contributed by atoms with Gasteiger partial charge in [0.2, 0.25) is 0 Å². The Labute approximate surface area is 241 Å². The predicted octanol–water partition coefficient (Wildman–Crippen LogP) is 9.10. The van der Waals surface area contributed by atoms with Crippen LogP contribution in [0.25, 0.3) is 22.2 Å². The number of aryl methyl sites for hydroxylation is 1. The van der Waals surface area contributed by atoms with Gasteiger partial charge < -0.3 is 10.6 Å². The van der Waals surface area contributed by atoms with Crippen molar-refractivity contribution in [3.05, 3.63) is 90.4 Å². The Morgan fingerprint density at radius 1 is 1.15 bits per heavy atom. The number of hydrogen-bond acceptors (Lipinski definition) is 5. The summed E-state index contributed by atoms with van der Waals surface area (Å²) in [4.78, 5) is 14.1. The lowest BCUT2D eigenvalue weighted by Crippen LogP contribution is -2.22. The fraction of sp³-hybridized carbons (Fsp3) is 0.394. The summed E-state index contributed by atoms with van der Waals surface area (Å²) in [6.07, 6.45) is 22.9. The van der Waals surface area contributed by atoms with Gasteiger partial charge in [-0.1, -0.05) is 76.0 Å². The van der Waals surface area contributed by atoms with Gasteiger partial charge in [-0.15, -0.1) is 17.9 Å². The number of allylic oxidation sites excluding steroid dienone is 7. The van der Waals surface area contributed by atoms with Gasteiger partial charge in [0.1, 0.15) is 22.9 Å². The van der Waals surface area contributed by atoms with Gasteiger partial charge in [0, 0.05) is 23.2 Å². The van der Waals surface area contributed by atoms with E-state index in [2.05, 4.69) is 86.5 Å². The smallest absolute Gasteiger partial charge is 0.150 e. The zero-order valence-electron chi connectivity index (χ0n) is 25.2. The zero-order chi connectivity index (χ0) is 29.2. The summed E-state index contributed by atoms with van der Waals surface area (Å²) in [6.45, 7) is 21.9. The molecule has 3 aromatic heterocycles. The third-order valence-corrected chi connectivity index (χ3v) is 6.95. The lowest BCUT2D eigenvalue weighted by molar-refractivity contribution is 0.319. The Morgan fingerprint density at radius 2 is 1.87 bits per heavy atom. The fourth-order valence-electron chi connectivity index (χ4n) is 3.92. The van der Waals surface area contributed by atoms with E-state index in [1.807, 2.05) is 38.3 Å². The van der Waals surface area contributed by atoms with Crippen LogP contribution in [0.4, 0.5) is 5.82 Å². The summed E-state index contributed by atoms with van der Waals surface area (Å²) >= 11 is 1.74. The summed E-state index contributed by atoms with van der Waals surface area (Å²) in [5.74, 6) is 1.88.